The van der Waals surface area contributed by atoms with Crippen LogP contribution in [0.4, 0.5) is 5.69 Å². The van der Waals surface area contributed by atoms with Crippen molar-refractivity contribution in [3.63, 3.8) is 0 Å². The van der Waals surface area contributed by atoms with Crippen LogP contribution < -0.4 is 5.32 Å². The summed E-state index contributed by atoms with van der Waals surface area (Å²) in [6, 6.07) is 13.4. The van der Waals surface area contributed by atoms with Crippen LogP contribution in [0.3, 0.4) is 0 Å². The number of nitrogens with zero attached hydrogens (tertiary/aromatic N) is 2. The lowest BCUT2D eigenvalue weighted by atomic mass is 9.97. The first-order valence-electron chi connectivity index (χ1n) is 9.23. The van der Waals surface area contributed by atoms with Crippen LogP contribution in [0.15, 0.2) is 46.9 Å². The minimum Gasteiger partial charge on any atom is -0.440 e. The second kappa shape index (κ2) is 7.71. The van der Waals surface area contributed by atoms with Crippen LogP contribution in [0.5, 0.6) is 0 Å². The summed E-state index contributed by atoms with van der Waals surface area (Å²) in [5, 5.41) is 3.62. The average molecular weight is 384 g/mol. The summed E-state index contributed by atoms with van der Waals surface area (Å²) in [5.74, 6) is 1.11. The molecule has 0 aliphatic carbocycles. The molecule has 4 rings (SSSR count). The van der Waals surface area contributed by atoms with Crippen molar-refractivity contribution in [1.29, 1.82) is 0 Å². The Morgan fingerprint density at radius 3 is 2.78 bits per heavy atom. The summed E-state index contributed by atoms with van der Waals surface area (Å²) in [5.41, 5.74) is 3.41. The minimum atomic E-state index is -0.0133. The molecule has 1 aliphatic rings. The van der Waals surface area contributed by atoms with Crippen LogP contribution in [-0.4, -0.2) is 35.4 Å². The summed E-state index contributed by atoms with van der Waals surface area (Å²) in [4.78, 5) is 19.2. The number of halogens is 1. The van der Waals surface area contributed by atoms with Crippen molar-refractivity contribution >= 4 is 34.3 Å². The number of rotatable bonds is 4. The highest BCUT2D eigenvalue weighted by Gasteiger charge is 2.25. The van der Waals surface area contributed by atoms with Crippen molar-refractivity contribution in [3.8, 4) is 0 Å². The van der Waals surface area contributed by atoms with E-state index in [9.17, 15) is 4.79 Å². The number of piperidine rings is 1. The third-order valence-corrected chi connectivity index (χ3v) is 5.57. The van der Waals surface area contributed by atoms with Crippen LogP contribution in [0.2, 0.25) is 5.02 Å². The quantitative estimate of drug-likeness (QED) is 0.714. The molecule has 1 aromatic heterocycles. The van der Waals surface area contributed by atoms with Gasteiger partial charge in [0.2, 0.25) is 5.91 Å². The third kappa shape index (κ3) is 3.99. The molecule has 0 saturated carbocycles. The van der Waals surface area contributed by atoms with Crippen LogP contribution in [0.1, 0.15) is 30.2 Å². The lowest BCUT2D eigenvalue weighted by molar-refractivity contribution is -0.117. The number of para-hydroxylation sites is 2. The Morgan fingerprint density at radius 2 is 2.00 bits per heavy atom. The number of likely N-dealkylation sites (tertiary alicyclic amines) is 1. The van der Waals surface area contributed by atoms with E-state index in [1.165, 1.54) is 0 Å². The maximum absolute atomic E-state index is 12.4. The summed E-state index contributed by atoms with van der Waals surface area (Å²) in [7, 11) is 0. The van der Waals surface area contributed by atoms with E-state index in [4.69, 9.17) is 16.0 Å². The molecule has 1 N–H and O–H groups in total. The second-order valence-electron chi connectivity index (χ2n) is 7.03. The number of oxazole rings is 1. The maximum Gasteiger partial charge on any atom is 0.238 e. The molecule has 0 bridgehead atoms. The molecule has 0 unspecified atom stereocenters. The van der Waals surface area contributed by atoms with Gasteiger partial charge in [-0.15, -0.1) is 0 Å². The van der Waals surface area contributed by atoms with Gasteiger partial charge in [0.05, 0.1) is 6.54 Å². The Hall–Kier alpha value is -2.37. The first-order chi connectivity index (χ1) is 13.1. The molecule has 5 nitrogen and oxygen atoms in total. The zero-order valence-electron chi connectivity index (χ0n) is 15.2. The van der Waals surface area contributed by atoms with E-state index >= 15 is 0 Å². The van der Waals surface area contributed by atoms with Crippen molar-refractivity contribution in [1.82, 2.24) is 9.88 Å². The number of carbonyl (C=O) groups excluding carboxylic acids is 1. The van der Waals surface area contributed by atoms with Gasteiger partial charge in [0.25, 0.3) is 0 Å². The average Bonchev–Trinajstić information content (AvgIpc) is 3.10. The Labute approximate surface area is 163 Å². The fourth-order valence-corrected chi connectivity index (χ4v) is 3.71. The number of fused-ring (bicyclic) bond motifs is 1. The molecule has 0 atom stereocenters. The smallest absolute Gasteiger partial charge is 0.238 e. The van der Waals surface area contributed by atoms with E-state index in [1.807, 2.05) is 49.4 Å². The maximum atomic E-state index is 12.4. The molecular weight excluding hydrogens is 362 g/mol. The third-order valence-electron chi connectivity index (χ3n) is 5.16. The first kappa shape index (κ1) is 18.0. The number of nitrogens with one attached hydrogen (secondary N) is 1. The molecule has 1 fully saturated rings. The molecule has 0 radical (unpaired) electrons. The predicted octanol–water partition coefficient (Wildman–Crippen LogP) is 4.61. The highest BCUT2D eigenvalue weighted by atomic mass is 35.5. The van der Waals surface area contributed by atoms with Crippen LogP contribution in [0, 0.1) is 6.92 Å². The number of benzene rings is 2. The molecule has 2 heterocycles. The zero-order chi connectivity index (χ0) is 18.8. The van der Waals surface area contributed by atoms with Gasteiger partial charge in [-0.1, -0.05) is 29.8 Å². The highest BCUT2D eigenvalue weighted by molar-refractivity contribution is 6.31. The van der Waals surface area contributed by atoms with Crippen molar-refractivity contribution in [3.05, 3.63) is 58.9 Å². The van der Waals surface area contributed by atoms with E-state index in [0.717, 1.165) is 54.2 Å². The molecule has 2 aromatic carbocycles. The van der Waals surface area contributed by atoms with E-state index in [0.29, 0.717) is 17.5 Å². The van der Waals surface area contributed by atoms with Crippen LogP contribution >= 0.6 is 11.6 Å². The SMILES string of the molecule is Cc1c(Cl)cccc1NC(=O)CN1CCC(c2nc3ccccc3o2)CC1. The van der Waals surface area contributed by atoms with E-state index in [-0.39, 0.29) is 5.91 Å². The molecule has 0 spiro atoms. The molecular formula is C21H22ClN3O2. The highest BCUT2D eigenvalue weighted by Crippen LogP contribution is 2.30. The lowest BCUT2D eigenvalue weighted by Gasteiger charge is -2.30. The minimum absolute atomic E-state index is 0.0133. The fourth-order valence-electron chi connectivity index (χ4n) is 3.54. The van der Waals surface area contributed by atoms with Gasteiger partial charge >= 0.3 is 0 Å². The van der Waals surface area contributed by atoms with E-state index in [1.54, 1.807) is 0 Å². The van der Waals surface area contributed by atoms with Gasteiger partial charge in [0, 0.05) is 16.6 Å². The molecule has 6 heteroatoms. The fraction of sp³-hybridized carbons (Fsp3) is 0.333. The van der Waals surface area contributed by atoms with Gasteiger partial charge in [-0.05, 0) is 62.7 Å². The number of aromatic nitrogens is 1. The Bertz CT molecular complexity index is 928. The van der Waals surface area contributed by atoms with Gasteiger partial charge in [0.1, 0.15) is 5.52 Å². The number of carbonyl (C=O) groups is 1. The number of amides is 1. The number of anilines is 1. The Morgan fingerprint density at radius 1 is 1.22 bits per heavy atom. The standard InChI is InChI=1S/C21H22ClN3O2/c1-14-16(22)5-4-7-17(14)23-20(26)13-25-11-9-15(10-12-25)21-24-18-6-2-3-8-19(18)27-21/h2-8,15H,9-13H2,1H3,(H,23,26). The molecule has 1 saturated heterocycles. The lowest BCUT2D eigenvalue weighted by Crippen LogP contribution is -2.38. The first-order valence-corrected chi connectivity index (χ1v) is 9.61. The van der Waals surface area contributed by atoms with Crippen molar-refractivity contribution in [2.75, 3.05) is 25.0 Å². The van der Waals surface area contributed by atoms with Crippen molar-refractivity contribution in [2.24, 2.45) is 0 Å². The normalized spacial score (nSPS) is 15.9. The van der Waals surface area contributed by atoms with Gasteiger partial charge in [0.15, 0.2) is 11.5 Å². The monoisotopic (exact) mass is 383 g/mol. The summed E-state index contributed by atoms with van der Waals surface area (Å²) in [6.07, 6.45) is 1.88. The molecule has 1 amide bonds. The van der Waals surface area contributed by atoms with Crippen molar-refractivity contribution < 1.29 is 9.21 Å². The number of hydrogen-bond donors (Lipinski definition) is 1. The van der Waals surface area contributed by atoms with Gasteiger partial charge < -0.3 is 9.73 Å². The molecule has 1 aliphatic heterocycles. The molecule has 3 aromatic rings. The number of hydrogen-bond acceptors (Lipinski definition) is 4. The van der Waals surface area contributed by atoms with Crippen molar-refractivity contribution in [2.45, 2.75) is 25.7 Å². The molecule has 140 valence electrons. The van der Waals surface area contributed by atoms with Gasteiger partial charge in [-0.2, -0.15) is 0 Å². The largest absolute Gasteiger partial charge is 0.440 e. The Kier molecular flexibility index (Phi) is 5.14. The van der Waals surface area contributed by atoms with E-state index in [2.05, 4.69) is 15.2 Å². The zero-order valence-corrected chi connectivity index (χ0v) is 16.0. The summed E-state index contributed by atoms with van der Waals surface area (Å²) in [6.45, 7) is 3.99. The second-order valence-corrected chi connectivity index (χ2v) is 7.44. The predicted molar refractivity (Wildman–Crippen MR) is 107 cm³/mol. The Balaban J connectivity index is 1.32. The topological polar surface area (TPSA) is 58.4 Å². The summed E-state index contributed by atoms with van der Waals surface area (Å²) >= 11 is 6.12. The van der Waals surface area contributed by atoms with Gasteiger partial charge in [-0.3, -0.25) is 9.69 Å². The van der Waals surface area contributed by atoms with Crippen LogP contribution in [0.25, 0.3) is 11.1 Å². The van der Waals surface area contributed by atoms with Crippen LogP contribution in [-0.2, 0) is 4.79 Å². The van der Waals surface area contributed by atoms with Gasteiger partial charge in [-0.25, -0.2) is 4.98 Å². The molecule has 27 heavy (non-hydrogen) atoms. The summed E-state index contributed by atoms with van der Waals surface area (Å²) < 4.78 is 5.91. The van der Waals surface area contributed by atoms with E-state index < -0.39 is 0 Å².